The second-order valence-electron chi connectivity index (χ2n) is 10.8. The number of rotatable bonds is 2. The molecule has 0 radical (unpaired) electrons. The van der Waals surface area contributed by atoms with Gasteiger partial charge < -0.3 is 4.57 Å². The molecule has 0 saturated carbocycles. The Labute approximate surface area is 248 Å². The second kappa shape index (κ2) is 8.71. The van der Waals surface area contributed by atoms with Crippen molar-refractivity contribution in [3.63, 3.8) is 0 Å². The van der Waals surface area contributed by atoms with Crippen molar-refractivity contribution in [3.8, 4) is 5.69 Å². The van der Waals surface area contributed by atoms with E-state index in [1.165, 1.54) is 16.2 Å². The van der Waals surface area contributed by atoms with E-state index in [4.69, 9.17) is 0 Å². The van der Waals surface area contributed by atoms with E-state index in [-0.39, 0.29) is 17.2 Å². The maximum absolute atomic E-state index is 14.1. The number of anilines is 1. The van der Waals surface area contributed by atoms with Crippen molar-refractivity contribution >= 4 is 81.6 Å². The molecule has 9 rings (SSSR count). The zero-order valence-corrected chi connectivity index (χ0v) is 23.4. The minimum atomic E-state index is -0.390. The standard InChI is InChI=1S/C37H20N2O3S/c40-35-28-19-22(38-30-13-3-1-9-24(30)25-10-2-4-14-31(25)38)15-17-32(28)43-33-18-16-23(20-29(33)35)39-36(41)26-11-5-7-21-8-6-12-27(34(21)26)37(39)42/h1-20H. The number of nitrogens with zero attached hydrogens (tertiary/aromatic N) is 2. The van der Waals surface area contributed by atoms with Crippen molar-refractivity contribution in [2.45, 2.75) is 0 Å². The summed E-state index contributed by atoms with van der Waals surface area (Å²) in [6, 6.07) is 38.8. The number of carbonyl (C=O) groups is 2. The molecule has 2 amide bonds. The van der Waals surface area contributed by atoms with Gasteiger partial charge in [-0.2, -0.15) is 0 Å². The summed E-state index contributed by atoms with van der Waals surface area (Å²) in [6.45, 7) is 0. The van der Waals surface area contributed by atoms with Crippen molar-refractivity contribution in [2.24, 2.45) is 0 Å². The molecule has 2 aromatic heterocycles. The van der Waals surface area contributed by atoms with Gasteiger partial charge in [0, 0.05) is 53.1 Å². The smallest absolute Gasteiger partial charge is 0.265 e. The van der Waals surface area contributed by atoms with E-state index in [0.29, 0.717) is 33.0 Å². The molecule has 3 heterocycles. The van der Waals surface area contributed by atoms with Crippen LogP contribution in [0.4, 0.5) is 5.69 Å². The molecule has 0 saturated heterocycles. The van der Waals surface area contributed by atoms with Crippen LogP contribution in [0.1, 0.15) is 20.7 Å². The summed E-state index contributed by atoms with van der Waals surface area (Å²) in [6.07, 6.45) is 0. The van der Waals surface area contributed by atoms with Crippen LogP contribution in [-0.2, 0) is 0 Å². The topological polar surface area (TPSA) is 59.4 Å². The summed E-state index contributed by atoms with van der Waals surface area (Å²) >= 11 is 1.52. The summed E-state index contributed by atoms with van der Waals surface area (Å²) < 4.78 is 3.86. The Morgan fingerprint density at radius 2 is 1.02 bits per heavy atom. The molecule has 0 unspecified atom stereocenters. The van der Waals surface area contributed by atoms with Crippen LogP contribution in [0, 0.1) is 0 Å². The van der Waals surface area contributed by atoms with Crippen molar-refractivity contribution in [2.75, 3.05) is 4.90 Å². The van der Waals surface area contributed by atoms with Crippen molar-refractivity contribution < 1.29 is 9.59 Å². The van der Waals surface area contributed by atoms with Crippen LogP contribution in [0.3, 0.4) is 0 Å². The third kappa shape index (κ3) is 3.29. The van der Waals surface area contributed by atoms with Crippen LogP contribution in [-0.4, -0.2) is 16.4 Å². The summed E-state index contributed by atoms with van der Waals surface area (Å²) in [7, 11) is 0. The molecule has 6 aromatic carbocycles. The number of fused-ring (bicyclic) bond motifs is 5. The Bertz CT molecular complexity index is 2490. The lowest BCUT2D eigenvalue weighted by Crippen LogP contribution is -2.40. The highest BCUT2D eigenvalue weighted by Crippen LogP contribution is 2.36. The van der Waals surface area contributed by atoms with Crippen LogP contribution in [0.2, 0.25) is 0 Å². The zero-order chi connectivity index (χ0) is 28.8. The number of carbonyl (C=O) groups excluding carboxylic acids is 2. The first-order chi connectivity index (χ1) is 21.1. The molecule has 5 nitrogen and oxygen atoms in total. The van der Waals surface area contributed by atoms with Crippen molar-refractivity contribution in [3.05, 3.63) is 143 Å². The number of hydrogen-bond donors (Lipinski definition) is 0. The molecule has 0 fully saturated rings. The maximum Gasteiger partial charge on any atom is 0.265 e. The molecule has 0 atom stereocenters. The molecule has 0 N–H and O–H groups in total. The van der Waals surface area contributed by atoms with E-state index in [1.54, 1.807) is 24.3 Å². The molecule has 43 heavy (non-hydrogen) atoms. The fourth-order valence-corrected chi connectivity index (χ4v) is 7.61. The Morgan fingerprint density at radius 1 is 0.488 bits per heavy atom. The Balaban J connectivity index is 1.23. The van der Waals surface area contributed by atoms with Gasteiger partial charge in [-0.05, 0) is 66.0 Å². The largest absolute Gasteiger partial charge is 0.309 e. The average Bonchev–Trinajstić information content (AvgIpc) is 3.38. The summed E-state index contributed by atoms with van der Waals surface area (Å²) in [5.74, 6) is -0.779. The first-order valence-corrected chi connectivity index (χ1v) is 14.8. The molecular weight excluding hydrogens is 552 g/mol. The molecule has 8 aromatic rings. The summed E-state index contributed by atoms with van der Waals surface area (Å²) in [5.41, 5.74) is 4.25. The van der Waals surface area contributed by atoms with Crippen LogP contribution in [0.15, 0.2) is 126 Å². The normalized spacial score (nSPS) is 13.3. The Morgan fingerprint density at radius 3 is 1.63 bits per heavy atom. The van der Waals surface area contributed by atoms with Gasteiger partial charge in [-0.3, -0.25) is 14.4 Å². The number of imide groups is 1. The number of para-hydroxylation sites is 2. The van der Waals surface area contributed by atoms with Crippen LogP contribution >= 0.6 is 11.3 Å². The van der Waals surface area contributed by atoms with Gasteiger partial charge in [0.05, 0.1) is 16.7 Å². The highest BCUT2D eigenvalue weighted by Gasteiger charge is 2.34. The van der Waals surface area contributed by atoms with Gasteiger partial charge in [-0.15, -0.1) is 11.3 Å². The van der Waals surface area contributed by atoms with Gasteiger partial charge in [0.25, 0.3) is 11.8 Å². The molecule has 0 spiro atoms. The number of hydrogen-bond acceptors (Lipinski definition) is 4. The van der Waals surface area contributed by atoms with E-state index in [9.17, 15) is 14.4 Å². The van der Waals surface area contributed by atoms with E-state index >= 15 is 0 Å². The molecule has 202 valence electrons. The predicted molar refractivity (Wildman–Crippen MR) is 175 cm³/mol. The zero-order valence-electron chi connectivity index (χ0n) is 22.6. The quantitative estimate of drug-likeness (QED) is 0.154. The predicted octanol–water partition coefficient (Wildman–Crippen LogP) is 8.47. The van der Waals surface area contributed by atoms with Gasteiger partial charge in [-0.1, -0.05) is 60.7 Å². The second-order valence-corrected chi connectivity index (χ2v) is 11.9. The Kier molecular flexibility index (Phi) is 4.87. The van der Waals surface area contributed by atoms with E-state index in [1.807, 2.05) is 66.7 Å². The van der Waals surface area contributed by atoms with Crippen molar-refractivity contribution in [1.29, 1.82) is 0 Å². The number of benzene rings is 6. The third-order valence-corrected chi connectivity index (χ3v) is 9.66. The number of aromatic nitrogens is 1. The van der Waals surface area contributed by atoms with Gasteiger partial charge in [-0.25, -0.2) is 4.90 Å². The van der Waals surface area contributed by atoms with E-state index < -0.39 is 0 Å². The van der Waals surface area contributed by atoms with Gasteiger partial charge >= 0.3 is 0 Å². The highest BCUT2D eigenvalue weighted by atomic mass is 32.1. The lowest BCUT2D eigenvalue weighted by Gasteiger charge is -2.27. The lowest BCUT2D eigenvalue weighted by molar-refractivity contribution is 0.0893. The van der Waals surface area contributed by atoms with Crippen LogP contribution in [0.5, 0.6) is 0 Å². The minimum absolute atomic E-state index is 0.132. The van der Waals surface area contributed by atoms with Gasteiger partial charge in [0.15, 0.2) is 5.43 Å². The molecular formula is C37H20N2O3S. The lowest BCUT2D eigenvalue weighted by atomic mass is 9.93. The maximum atomic E-state index is 14.1. The molecule has 0 bridgehead atoms. The average molecular weight is 573 g/mol. The molecule has 1 aliphatic rings. The molecule has 0 aliphatic carbocycles. The van der Waals surface area contributed by atoms with Crippen molar-refractivity contribution in [1.82, 2.24) is 4.57 Å². The van der Waals surface area contributed by atoms with Crippen LogP contribution < -0.4 is 10.3 Å². The fraction of sp³-hybridized carbons (Fsp3) is 0. The fourth-order valence-electron chi connectivity index (χ4n) is 6.58. The highest BCUT2D eigenvalue weighted by molar-refractivity contribution is 7.24. The minimum Gasteiger partial charge on any atom is -0.309 e. The summed E-state index contributed by atoms with van der Waals surface area (Å²) in [5, 5.41) is 4.91. The first kappa shape index (κ1) is 24.1. The van der Waals surface area contributed by atoms with E-state index in [2.05, 4.69) is 34.9 Å². The third-order valence-electron chi connectivity index (χ3n) is 8.50. The molecule has 6 heteroatoms. The first-order valence-electron chi connectivity index (χ1n) is 14.0. The summed E-state index contributed by atoms with van der Waals surface area (Å²) in [4.78, 5) is 42.6. The molecule has 1 aliphatic heterocycles. The van der Waals surface area contributed by atoms with E-state index in [0.717, 1.165) is 42.3 Å². The Hall–Kier alpha value is -5.59. The van der Waals surface area contributed by atoms with Gasteiger partial charge in [0.1, 0.15) is 0 Å². The van der Waals surface area contributed by atoms with Gasteiger partial charge in [0.2, 0.25) is 0 Å². The SMILES string of the molecule is O=C1c2cccc3cccc(c23)C(=O)N1c1ccc2sc3ccc(-n4c5ccccc5c5ccccc54)cc3c(=O)c2c1. The number of amides is 2. The van der Waals surface area contributed by atoms with Crippen LogP contribution in [0.25, 0.3) is 58.4 Å². The monoisotopic (exact) mass is 572 g/mol.